The number of ketones is 2. The lowest BCUT2D eigenvalue weighted by Gasteiger charge is -2.44. The molecule has 4 unspecified atom stereocenters. The molecule has 7 amide bonds. The van der Waals surface area contributed by atoms with Crippen molar-refractivity contribution in [2.24, 2.45) is 41.4 Å². The van der Waals surface area contributed by atoms with Crippen LogP contribution >= 0.6 is 0 Å². The van der Waals surface area contributed by atoms with E-state index < -0.39 is 137 Å². The highest BCUT2D eigenvalue weighted by Gasteiger charge is 2.51. The van der Waals surface area contributed by atoms with Gasteiger partial charge < -0.3 is 50.1 Å². The fourth-order valence-electron chi connectivity index (χ4n) is 11.1. The molecule has 498 valence electrons. The summed E-state index contributed by atoms with van der Waals surface area (Å²) in [6.45, 7) is 33.5. The Balaban J connectivity index is 1.78. The summed E-state index contributed by atoms with van der Waals surface area (Å²) >= 11 is 0. The molecule has 25 heteroatoms. The standard InChI is InChI=1S/C62H109N7O16SSi/c1-19-86(80,81)68-56(76)47(30-37(2)3)67-54(74)42(9)66-55(75)46(38(4)5)33-44(70)36-65-52(72)35-50(40(7)32-43-24-26-49(39(6)31-43)85-87(17,18)61(13,14)15)82-58(78)48-22-20-21-29-69(48)57(77)53(73)62(16)41(8)23-25-45(83-62)34-51(71)63-27-28-64-59(79)84-60(10,11)12/h37-43,45-50H,19-36H2,1-18H3,(H,63,71)(H,64,79)(H,65,72)(H,66,75)(H,67,74)(H,68,76)/t39-,40-,41-,42?,43-,45+,46?,47?,48+,49-,50+,62?/m1/s1. The van der Waals surface area contributed by atoms with Gasteiger partial charge in [-0.3, -0.25) is 43.1 Å². The molecule has 2 saturated heterocycles. The Labute approximate surface area is 519 Å². The summed E-state index contributed by atoms with van der Waals surface area (Å²) in [5.74, 6) is -8.39. The van der Waals surface area contributed by atoms with E-state index in [1.165, 1.54) is 18.7 Å². The van der Waals surface area contributed by atoms with Crippen molar-refractivity contribution in [2.45, 2.75) is 260 Å². The number of nitrogens with zero attached hydrogens (tertiary/aromatic N) is 1. The maximum atomic E-state index is 14.6. The van der Waals surface area contributed by atoms with Gasteiger partial charge in [-0.2, -0.15) is 0 Å². The van der Waals surface area contributed by atoms with Crippen molar-refractivity contribution in [1.29, 1.82) is 0 Å². The molecule has 2 aliphatic heterocycles. The highest BCUT2D eigenvalue weighted by molar-refractivity contribution is 7.90. The van der Waals surface area contributed by atoms with Gasteiger partial charge >= 0.3 is 12.1 Å². The predicted octanol–water partition coefficient (Wildman–Crippen LogP) is 6.55. The van der Waals surface area contributed by atoms with E-state index in [2.05, 4.69) is 67.4 Å². The maximum Gasteiger partial charge on any atom is 0.407 e. The first-order chi connectivity index (χ1) is 40.1. The summed E-state index contributed by atoms with van der Waals surface area (Å²) in [6.07, 6.45) is 2.50. The molecule has 12 atom stereocenters. The minimum atomic E-state index is -3.92. The second-order valence-corrected chi connectivity index (χ2v) is 35.0. The molecule has 3 rings (SSSR count). The zero-order valence-electron chi connectivity index (χ0n) is 55.6. The Hall–Kier alpha value is -5.01. The number of piperidine rings is 1. The van der Waals surface area contributed by atoms with Crippen LogP contribution in [0.15, 0.2) is 0 Å². The SMILES string of the molecule is CCS(=O)(=O)NC(=O)C(CC(C)C)NC(=O)C(C)NC(=O)C(CC(=O)CNC(=O)C[C@H](OC(=O)[C@@H]1CCCCN1C(=O)C(=O)C1(C)O[C@H](CC(=O)NCCNC(=O)OC(C)(C)C)CC[C@H]1C)[C@H](C)C[C@@H]1CC[C@@H](O[Si](C)(C)C(C)(C)C)[C@H](C)C1)C(C)C. The first-order valence-electron chi connectivity index (χ1n) is 31.7. The van der Waals surface area contributed by atoms with Crippen LogP contribution in [-0.2, 0) is 71.8 Å². The number of alkyl carbamates (subject to hydrolysis) is 1. The van der Waals surface area contributed by atoms with Gasteiger partial charge in [0, 0.05) is 38.1 Å². The van der Waals surface area contributed by atoms with Crippen LogP contribution in [0.25, 0.3) is 0 Å². The Kier molecular flexibility index (Phi) is 29.1. The quantitative estimate of drug-likeness (QED) is 0.0192. The van der Waals surface area contributed by atoms with Crippen LogP contribution in [0.2, 0.25) is 18.1 Å². The predicted molar refractivity (Wildman–Crippen MR) is 332 cm³/mol. The van der Waals surface area contributed by atoms with E-state index in [0.717, 1.165) is 19.3 Å². The van der Waals surface area contributed by atoms with Crippen molar-refractivity contribution >= 4 is 77.4 Å². The number of amides is 7. The fourth-order valence-corrected chi connectivity index (χ4v) is 13.2. The van der Waals surface area contributed by atoms with E-state index in [-0.39, 0.29) is 98.2 Å². The molecule has 87 heavy (non-hydrogen) atoms. The number of hydrogen-bond acceptors (Lipinski definition) is 16. The van der Waals surface area contributed by atoms with Crippen LogP contribution in [0.1, 0.15) is 194 Å². The second kappa shape index (κ2) is 33.2. The fraction of sp³-hybridized carbons (Fsp3) is 0.839. The second-order valence-electron chi connectivity index (χ2n) is 28.3. The Morgan fingerprint density at radius 2 is 1.41 bits per heavy atom. The van der Waals surface area contributed by atoms with Gasteiger partial charge in [-0.25, -0.2) is 18.0 Å². The van der Waals surface area contributed by atoms with Crippen molar-refractivity contribution in [3.63, 3.8) is 0 Å². The van der Waals surface area contributed by atoms with Gasteiger partial charge in [0.05, 0.1) is 31.2 Å². The number of ether oxygens (including phenoxy) is 3. The van der Waals surface area contributed by atoms with Crippen molar-refractivity contribution in [2.75, 3.05) is 31.9 Å². The molecule has 23 nitrogen and oxygen atoms in total. The smallest absolute Gasteiger partial charge is 0.407 e. The molecule has 0 bridgehead atoms. The molecule has 3 fully saturated rings. The highest BCUT2D eigenvalue weighted by atomic mass is 32.2. The lowest BCUT2D eigenvalue weighted by atomic mass is 9.76. The summed E-state index contributed by atoms with van der Waals surface area (Å²) in [4.78, 5) is 137. The molecule has 0 radical (unpaired) electrons. The minimum Gasteiger partial charge on any atom is -0.460 e. The molecule has 0 spiro atoms. The molecule has 0 aromatic heterocycles. The number of likely N-dealkylation sites (tertiary alicyclic amines) is 1. The van der Waals surface area contributed by atoms with Crippen LogP contribution in [0.3, 0.4) is 0 Å². The van der Waals surface area contributed by atoms with Gasteiger partial charge in [0.1, 0.15) is 35.4 Å². The molecule has 6 N–H and O–H groups in total. The number of nitrogens with one attached hydrogen (secondary N) is 6. The van der Waals surface area contributed by atoms with E-state index >= 15 is 0 Å². The summed E-state index contributed by atoms with van der Waals surface area (Å²) in [5.41, 5.74) is -2.31. The average Bonchev–Trinajstić information content (AvgIpc) is 3.16. The van der Waals surface area contributed by atoms with E-state index in [1.54, 1.807) is 62.3 Å². The number of esters is 1. The Morgan fingerprint density at radius 1 is 0.770 bits per heavy atom. The minimum absolute atomic E-state index is 0.0379. The third-order valence-corrected chi connectivity index (χ3v) is 23.5. The molecule has 0 aromatic carbocycles. The van der Waals surface area contributed by atoms with Crippen LogP contribution in [-0.4, -0.2) is 160 Å². The third kappa shape index (κ3) is 24.4. The number of carbonyl (C=O) groups excluding carboxylic acids is 10. The van der Waals surface area contributed by atoms with Crippen molar-refractivity contribution in [3.8, 4) is 0 Å². The molecule has 3 aliphatic rings. The van der Waals surface area contributed by atoms with E-state index in [9.17, 15) is 56.4 Å². The molecule has 1 saturated carbocycles. The molecule has 1 aliphatic carbocycles. The zero-order valence-corrected chi connectivity index (χ0v) is 57.4. The van der Waals surface area contributed by atoms with Crippen molar-refractivity contribution in [3.05, 3.63) is 0 Å². The van der Waals surface area contributed by atoms with Gasteiger partial charge in [0.15, 0.2) is 14.1 Å². The van der Waals surface area contributed by atoms with Gasteiger partial charge in [-0.15, -0.1) is 0 Å². The first kappa shape index (κ1) is 76.2. The topological polar surface area (TPSA) is 317 Å². The first-order valence-corrected chi connectivity index (χ1v) is 36.2. The summed E-state index contributed by atoms with van der Waals surface area (Å²) in [6, 6.07) is -3.54. The highest BCUT2D eigenvalue weighted by Crippen LogP contribution is 2.43. The molecular weight excluding hydrogens is 1160 g/mol. The Morgan fingerprint density at radius 3 is 2.00 bits per heavy atom. The third-order valence-electron chi connectivity index (χ3n) is 17.7. The van der Waals surface area contributed by atoms with Gasteiger partial charge in [0.25, 0.3) is 17.6 Å². The summed E-state index contributed by atoms with van der Waals surface area (Å²) < 4.78 is 51.0. The van der Waals surface area contributed by atoms with Gasteiger partial charge in [-0.1, -0.05) is 69.2 Å². The largest absolute Gasteiger partial charge is 0.460 e. The zero-order chi connectivity index (χ0) is 66.2. The summed E-state index contributed by atoms with van der Waals surface area (Å²) in [7, 11) is -5.97. The normalized spacial score (nSPS) is 23.8. The monoisotopic (exact) mass is 1270 g/mol. The van der Waals surface area contributed by atoms with Crippen LogP contribution in [0.4, 0.5) is 4.79 Å². The van der Waals surface area contributed by atoms with E-state index in [1.807, 2.05) is 11.6 Å². The van der Waals surface area contributed by atoms with Crippen molar-refractivity contribution < 1.29 is 75.0 Å². The molecular formula is C62H109N7O16SSi. The van der Waals surface area contributed by atoms with Gasteiger partial charge in [0.2, 0.25) is 33.7 Å². The van der Waals surface area contributed by atoms with Crippen molar-refractivity contribution in [1.82, 2.24) is 36.2 Å². The Bertz CT molecular complexity index is 2520. The number of sulfonamides is 1. The van der Waals surface area contributed by atoms with Crippen LogP contribution < -0.4 is 31.3 Å². The number of rotatable bonds is 30. The van der Waals surface area contributed by atoms with Gasteiger partial charge in [-0.05, 0) is 159 Å². The van der Waals surface area contributed by atoms with Crippen LogP contribution in [0, 0.1) is 41.4 Å². The average molecular weight is 1270 g/mol. The lowest BCUT2D eigenvalue weighted by Crippen LogP contribution is -2.59. The van der Waals surface area contributed by atoms with E-state index in [4.69, 9.17) is 18.6 Å². The van der Waals surface area contributed by atoms with Crippen LogP contribution in [0.5, 0.6) is 0 Å². The molecule has 0 aromatic rings. The number of Topliss-reactive ketones (excluding diaryl/α,β-unsaturated/α-hetero) is 2. The number of carbonyl (C=O) groups is 10. The van der Waals surface area contributed by atoms with E-state index in [0.29, 0.717) is 32.1 Å². The summed E-state index contributed by atoms with van der Waals surface area (Å²) in [5, 5.41) is 13.2. The number of hydrogen-bond donors (Lipinski definition) is 6. The maximum absolute atomic E-state index is 14.6. The lowest BCUT2D eigenvalue weighted by molar-refractivity contribution is -0.183. The molecule has 2 heterocycles.